The SMILES string of the molecule is CCc1cc(N2CCCC(Nc3ncc(C(=O)N(C)C)cc3Cl)C2)ncn1. The van der Waals surface area contributed by atoms with E-state index in [-0.39, 0.29) is 11.9 Å². The topological polar surface area (TPSA) is 74.2 Å². The Morgan fingerprint density at radius 3 is 2.85 bits per heavy atom. The van der Waals surface area contributed by atoms with Crippen molar-refractivity contribution >= 4 is 29.1 Å². The zero-order valence-corrected chi connectivity index (χ0v) is 16.7. The number of rotatable bonds is 5. The van der Waals surface area contributed by atoms with Crippen molar-refractivity contribution in [1.29, 1.82) is 0 Å². The number of hydrogen-bond donors (Lipinski definition) is 1. The third-order valence-electron chi connectivity index (χ3n) is 4.65. The minimum Gasteiger partial charge on any atom is -0.364 e. The van der Waals surface area contributed by atoms with Gasteiger partial charge in [0.05, 0.1) is 10.6 Å². The molecule has 1 N–H and O–H groups in total. The van der Waals surface area contributed by atoms with Gasteiger partial charge in [0.1, 0.15) is 18.0 Å². The van der Waals surface area contributed by atoms with Crippen molar-refractivity contribution in [3.63, 3.8) is 0 Å². The van der Waals surface area contributed by atoms with Crippen molar-refractivity contribution in [1.82, 2.24) is 19.9 Å². The number of aryl methyl sites for hydroxylation is 1. The number of amides is 1. The van der Waals surface area contributed by atoms with Crippen LogP contribution >= 0.6 is 11.6 Å². The number of aromatic nitrogens is 3. The Hall–Kier alpha value is -2.41. The van der Waals surface area contributed by atoms with E-state index in [9.17, 15) is 4.79 Å². The molecule has 27 heavy (non-hydrogen) atoms. The van der Waals surface area contributed by atoms with Gasteiger partial charge in [-0.1, -0.05) is 18.5 Å². The first-order valence-corrected chi connectivity index (χ1v) is 9.55. The summed E-state index contributed by atoms with van der Waals surface area (Å²) >= 11 is 6.36. The zero-order chi connectivity index (χ0) is 19.4. The summed E-state index contributed by atoms with van der Waals surface area (Å²) in [5, 5.41) is 3.87. The summed E-state index contributed by atoms with van der Waals surface area (Å²) in [5.74, 6) is 1.45. The van der Waals surface area contributed by atoms with Crippen LogP contribution in [-0.4, -0.2) is 59.0 Å². The van der Waals surface area contributed by atoms with Crippen molar-refractivity contribution in [3.05, 3.63) is 40.9 Å². The van der Waals surface area contributed by atoms with Crippen LogP contribution in [0, 0.1) is 0 Å². The van der Waals surface area contributed by atoms with Gasteiger partial charge in [0.15, 0.2) is 0 Å². The lowest BCUT2D eigenvalue weighted by Gasteiger charge is -2.34. The molecule has 3 rings (SSSR count). The summed E-state index contributed by atoms with van der Waals surface area (Å²) in [7, 11) is 3.41. The van der Waals surface area contributed by atoms with Crippen molar-refractivity contribution in [3.8, 4) is 0 Å². The molecule has 3 heterocycles. The molecule has 2 aromatic rings. The van der Waals surface area contributed by atoms with Gasteiger partial charge >= 0.3 is 0 Å². The van der Waals surface area contributed by atoms with E-state index in [0.717, 1.165) is 43.9 Å². The van der Waals surface area contributed by atoms with Gasteiger partial charge < -0.3 is 15.1 Å². The summed E-state index contributed by atoms with van der Waals surface area (Å²) in [4.78, 5) is 28.9. The van der Waals surface area contributed by atoms with E-state index in [2.05, 4.69) is 38.2 Å². The van der Waals surface area contributed by atoms with Crippen LogP contribution in [0.4, 0.5) is 11.6 Å². The quantitative estimate of drug-likeness (QED) is 0.848. The molecule has 8 heteroatoms. The lowest BCUT2D eigenvalue weighted by Crippen LogP contribution is -2.42. The maximum Gasteiger partial charge on any atom is 0.254 e. The molecule has 0 radical (unpaired) electrons. The van der Waals surface area contributed by atoms with E-state index in [4.69, 9.17) is 11.6 Å². The van der Waals surface area contributed by atoms with Crippen LogP contribution in [0.5, 0.6) is 0 Å². The zero-order valence-electron chi connectivity index (χ0n) is 15.9. The number of carbonyl (C=O) groups is 1. The Morgan fingerprint density at radius 2 is 2.15 bits per heavy atom. The summed E-state index contributed by atoms with van der Waals surface area (Å²) in [5.41, 5.74) is 1.52. The summed E-state index contributed by atoms with van der Waals surface area (Å²) in [6.45, 7) is 3.87. The van der Waals surface area contributed by atoms with Crippen LogP contribution in [0.2, 0.25) is 5.02 Å². The number of carbonyl (C=O) groups excluding carboxylic acids is 1. The standard InChI is InChI=1S/C19H25ClN6O/c1-4-14-9-17(23-12-22-14)26-7-5-6-15(11-26)24-18-16(20)8-13(10-21-18)19(27)25(2)3/h8-10,12,15H,4-7,11H2,1-3H3,(H,21,24). The fraction of sp³-hybridized carbons (Fsp3) is 0.474. The van der Waals surface area contributed by atoms with Crippen LogP contribution in [0.15, 0.2) is 24.7 Å². The molecule has 1 amide bonds. The number of halogens is 1. The summed E-state index contributed by atoms with van der Waals surface area (Å²) in [6.07, 6.45) is 6.17. The monoisotopic (exact) mass is 388 g/mol. The fourth-order valence-electron chi connectivity index (χ4n) is 3.17. The molecule has 0 aliphatic carbocycles. The molecule has 7 nitrogen and oxygen atoms in total. The summed E-state index contributed by atoms with van der Waals surface area (Å²) < 4.78 is 0. The Bertz CT molecular complexity index is 813. The van der Waals surface area contributed by atoms with E-state index < -0.39 is 0 Å². The lowest BCUT2D eigenvalue weighted by atomic mass is 10.1. The van der Waals surface area contributed by atoms with E-state index in [0.29, 0.717) is 16.4 Å². The molecule has 2 aromatic heterocycles. The number of nitrogens with zero attached hydrogens (tertiary/aromatic N) is 5. The van der Waals surface area contributed by atoms with Gasteiger partial charge in [-0.05, 0) is 25.3 Å². The van der Waals surface area contributed by atoms with Gasteiger partial charge in [-0.25, -0.2) is 15.0 Å². The highest BCUT2D eigenvalue weighted by Gasteiger charge is 2.22. The molecular formula is C19H25ClN6O. The van der Waals surface area contributed by atoms with Gasteiger partial charge in [-0.15, -0.1) is 0 Å². The molecule has 1 aliphatic rings. The Labute approximate surface area is 164 Å². The molecular weight excluding hydrogens is 364 g/mol. The average molecular weight is 389 g/mol. The third-order valence-corrected chi connectivity index (χ3v) is 4.94. The fourth-order valence-corrected chi connectivity index (χ4v) is 3.39. The van der Waals surface area contributed by atoms with Gasteiger partial charge in [0.2, 0.25) is 0 Å². The first-order valence-electron chi connectivity index (χ1n) is 9.17. The highest BCUT2D eigenvalue weighted by molar-refractivity contribution is 6.33. The number of nitrogens with one attached hydrogen (secondary N) is 1. The van der Waals surface area contributed by atoms with E-state index >= 15 is 0 Å². The number of anilines is 2. The van der Waals surface area contributed by atoms with Gasteiger partial charge in [0, 0.05) is 51.2 Å². The molecule has 1 aliphatic heterocycles. The molecule has 1 atom stereocenters. The second-order valence-corrected chi connectivity index (χ2v) is 7.31. The molecule has 0 aromatic carbocycles. The predicted octanol–water partition coefficient (Wildman–Crippen LogP) is 2.87. The van der Waals surface area contributed by atoms with Crippen molar-refractivity contribution in [2.24, 2.45) is 0 Å². The Morgan fingerprint density at radius 1 is 1.33 bits per heavy atom. The number of piperidine rings is 1. The van der Waals surface area contributed by atoms with Gasteiger partial charge in [-0.2, -0.15) is 0 Å². The van der Waals surface area contributed by atoms with E-state index in [1.807, 2.05) is 0 Å². The van der Waals surface area contributed by atoms with Crippen LogP contribution in [0.25, 0.3) is 0 Å². The highest BCUT2D eigenvalue weighted by Crippen LogP contribution is 2.25. The van der Waals surface area contributed by atoms with Crippen LogP contribution in [-0.2, 0) is 6.42 Å². The normalized spacial score (nSPS) is 16.9. The average Bonchev–Trinajstić information content (AvgIpc) is 2.69. The number of hydrogen-bond acceptors (Lipinski definition) is 6. The number of pyridine rings is 1. The van der Waals surface area contributed by atoms with Crippen molar-refractivity contribution in [2.45, 2.75) is 32.2 Å². The Kier molecular flexibility index (Phi) is 6.11. The minimum absolute atomic E-state index is 0.115. The van der Waals surface area contributed by atoms with Crippen molar-refractivity contribution in [2.75, 3.05) is 37.4 Å². The molecule has 1 unspecified atom stereocenters. The first kappa shape index (κ1) is 19.4. The van der Waals surface area contributed by atoms with E-state index in [1.54, 1.807) is 32.7 Å². The largest absolute Gasteiger partial charge is 0.364 e. The smallest absolute Gasteiger partial charge is 0.254 e. The van der Waals surface area contributed by atoms with Gasteiger partial charge in [-0.3, -0.25) is 4.79 Å². The highest BCUT2D eigenvalue weighted by atomic mass is 35.5. The van der Waals surface area contributed by atoms with E-state index in [1.165, 1.54) is 4.90 Å². The molecule has 1 fully saturated rings. The summed E-state index contributed by atoms with van der Waals surface area (Å²) in [6, 6.07) is 3.92. The Balaban J connectivity index is 1.69. The second-order valence-electron chi connectivity index (χ2n) is 6.90. The molecule has 0 spiro atoms. The van der Waals surface area contributed by atoms with Crippen LogP contribution in [0.3, 0.4) is 0 Å². The molecule has 144 valence electrons. The maximum atomic E-state index is 12.0. The molecule has 0 bridgehead atoms. The van der Waals surface area contributed by atoms with Gasteiger partial charge in [0.25, 0.3) is 5.91 Å². The second kappa shape index (κ2) is 8.52. The van der Waals surface area contributed by atoms with Crippen LogP contribution in [0.1, 0.15) is 35.8 Å². The molecule has 1 saturated heterocycles. The third kappa shape index (κ3) is 4.66. The molecule has 0 saturated carbocycles. The predicted molar refractivity (Wildman–Crippen MR) is 108 cm³/mol. The van der Waals surface area contributed by atoms with Crippen molar-refractivity contribution < 1.29 is 4.79 Å². The first-order chi connectivity index (χ1) is 13.0. The minimum atomic E-state index is -0.115. The lowest BCUT2D eigenvalue weighted by molar-refractivity contribution is 0.0827. The van der Waals surface area contributed by atoms with Crippen LogP contribution < -0.4 is 10.2 Å². The maximum absolute atomic E-state index is 12.0.